The lowest BCUT2D eigenvalue weighted by Crippen LogP contribution is -2.08. The van der Waals surface area contributed by atoms with Crippen LogP contribution >= 0.6 is 11.6 Å². The van der Waals surface area contributed by atoms with E-state index in [2.05, 4.69) is 32.6 Å². The van der Waals surface area contributed by atoms with Crippen LogP contribution < -0.4 is 0 Å². The normalized spacial score (nSPS) is 13.0. The number of hydrogen-bond acceptors (Lipinski definition) is 3. The summed E-state index contributed by atoms with van der Waals surface area (Å²) in [6.45, 7) is 4.83. The minimum Gasteiger partial charge on any atom is -0.326 e. The fourth-order valence-electron chi connectivity index (χ4n) is 2.62. The van der Waals surface area contributed by atoms with Gasteiger partial charge in [0.25, 0.3) is 0 Å². The molecule has 0 fully saturated rings. The lowest BCUT2D eigenvalue weighted by atomic mass is 10.2. The summed E-state index contributed by atoms with van der Waals surface area (Å²) in [5.41, 5.74) is 3.35. The van der Waals surface area contributed by atoms with Gasteiger partial charge < -0.3 is 4.57 Å². The van der Waals surface area contributed by atoms with Crippen LogP contribution in [0.15, 0.2) is 24.5 Å². The summed E-state index contributed by atoms with van der Waals surface area (Å²) < 4.78 is 3.91. The van der Waals surface area contributed by atoms with Crippen LogP contribution in [0.4, 0.5) is 0 Å². The second-order valence-corrected chi connectivity index (χ2v) is 5.92. The Hall–Kier alpha value is -1.88. The van der Waals surface area contributed by atoms with Crippen LogP contribution in [-0.2, 0) is 20.0 Å². The second-order valence-electron chi connectivity index (χ2n) is 5.26. The van der Waals surface area contributed by atoms with E-state index in [1.54, 1.807) is 11.0 Å². The molecular weight excluding hydrogens is 286 g/mol. The zero-order valence-corrected chi connectivity index (χ0v) is 13.2. The number of aromatic nitrogens is 5. The predicted octanol–water partition coefficient (Wildman–Crippen LogP) is 3.02. The molecule has 3 rings (SSSR count). The standard InChI is InChI=1S/C15H18ClN5/c1-10-5-4-6-12-14(10)21(15(18-12)11(2)16)8-7-13-17-9-20(3)19-13/h4-6,9,11H,7-8H2,1-3H3. The van der Waals surface area contributed by atoms with Crippen molar-refractivity contribution in [2.75, 3.05) is 0 Å². The van der Waals surface area contributed by atoms with Crippen molar-refractivity contribution in [1.29, 1.82) is 0 Å². The number of para-hydroxylation sites is 1. The SMILES string of the molecule is Cc1cccc2nc(C(C)Cl)n(CCc3ncn(C)n3)c12. The van der Waals surface area contributed by atoms with E-state index in [0.717, 1.165) is 35.6 Å². The number of fused-ring (bicyclic) bond motifs is 1. The Morgan fingerprint density at radius 1 is 1.33 bits per heavy atom. The quantitative estimate of drug-likeness (QED) is 0.696. The Morgan fingerprint density at radius 2 is 2.14 bits per heavy atom. The van der Waals surface area contributed by atoms with E-state index in [4.69, 9.17) is 11.6 Å². The monoisotopic (exact) mass is 303 g/mol. The highest BCUT2D eigenvalue weighted by atomic mass is 35.5. The predicted molar refractivity (Wildman–Crippen MR) is 83.4 cm³/mol. The minimum absolute atomic E-state index is 0.131. The van der Waals surface area contributed by atoms with Gasteiger partial charge >= 0.3 is 0 Å². The van der Waals surface area contributed by atoms with E-state index in [-0.39, 0.29) is 5.38 Å². The van der Waals surface area contributed by atoms with Crippen molar-refractivity contribution in [3.63, 3.8) is 0 Å². The minimum atomic E-state index is -0.131. The van der Waals surface area contributed by atoms with E-state index >= 15 is 0 Å². The maximum Gasteiger partial charge on any atom is 0.152 e. The molecule has 0 N–H and O–H groups in total. The third-order valence-corrected chi connectivity index (χ3v) is 3.75. The number of alkyl halides is 1. The number of halogens is 1. The number of benzene rings is 1. The fourth-order valence-corrected chi connectivity index (χ4v) is 2.79. The van der Waals surface area contributed by atoms with Crippen molar-refractivity contribution < 1.29 is 0 Å². The van der Waals surface area contributed by atoms with Crippen molar-refractivity contribution in [2.45, 2.75) is 32.2 Å². The molecular formula is C15H18ClN5. The third kappa shape index (κ3) is 2.65. The van der Waals surface area contributed by atoms with E-state index in [1.165, 1.54) is 5.56 Å². The second kappa shape index (κ2) is 5.48. The molecule has 0 aliphatic carbocycles. The van der Waals surface area contributed by atoms with E-state index in [1.807, 2.05) is 26.1 Å². The highest BCUT2D eigenvalue weighted by Crippen LogP contribution is 2.26. The van der Waals surface area contributed by atoms with Crippen LogP contribution in [0.3, 0.4) is 0 Å². The molecule has 0 spiro atoms. The molecule has 0 amide bonds. The Balaban J connectivity index is 2.00. The maximum absolute atomic E-state index is 6.30. The molecule has 6 heteroatoms. The molecule has 1 aromatic carbocycles. The molecule has 21 heavy (non-hydrogen) atoms. The molecule has 1 atom stereocenters. The van der Waals surface area contributed by atoms with Crippen LogP contribution in [0.1, 0.15) is 29.5 Å². The summed E-state index contributed by atoms with van der Waals surface area (Å²) in [6, 6.07) is 6.15. The van der Waals surface area contributed by atoms with Gasteiger partial charge in [-0.15, -0.1) is 11.6 Å². The van der Waals surface area contributed by atoms with E-state index in [0.29, 0.717) is 0 Å². The molecule has 5 nitrogen and oxygen atoms in total. The van der Waals surface area contributed by atoms with Gasteiger partial charge in [0, 0.05) is 20.0 Å². The first-order valence-corrected chi connectivity index (χ1v) is 7.44. The molecule has 0 aliphatic heterocycles. The van der Waals surface area contributed by atoms with Gasteiger partial charge in [0.05, 0.1) is 16.4 Å². The zero-order chi connectivity index (χ0) is 15.0. The number of aryl methyl sites for hydroxylation is 4. The first kappa shape index (κ1) is 14.1. The molecule has 3 aromatic rings. The summed E-state index contributed by atoms with van der Waals surface area (Å²) in [6.07, 6.45) is 2.48. The Morgan fingerprint density at radius 3 is 2.81 bits per heavy atom. The van der Waals surface area contributed by atoms with Gasteiger partial charge in [-0.1, -0.05) is 12.1 Å². The van der Waals surface area contributed by atoms with Crippen molar-refractivity contribution in [1.82, 2.24) is 24.3 Å². The summed E-state index contributed by atoms with van der Waals surface area (Å²) in [4.78, 5) is 8.95. The topological polar surface area (TPSA) is 48.5 Å². The smallest absolute Gasteiger partial charge is 0.152 e. The molecule has 0 saturated carbocycles. The van der Waals surface area contributed by atoms with E-state index in [9.17, 15) is 0 Å². The highest BCUT2D eigenvalue weighted by molar-refractivity contribution is 6.20. The zero-order valence-electron chi connectivity index (χ0n) is 12.4. The largest absolute Gasteiger partial charge is 0.326 e. The number of imidazole rings is 1. The van der Waals surface area contributed by atoms with Gasteiger partial charge in [0.15, 0.2) is 5.82 Å². The molecule has 0 radical (unpaired) electrons. The van der Waals surface area contributed by atoms with Gasteiger partial charge in [0.2, 0.25) is 0 Å². The number of nitrogens with zero attached hydrogens (tertiary/aromatic N) is 5. The summed E-state index contributed by atoms with van der Waals surface area (Å²) in [5, 5.41) is 4.19. The molecule has 1 unspecified atom stereocenters. The third-order valence-electron chi connectivity index (χ3n) is 3.56. The van der Waals surface area contributed by atoms with Crippen LogP contribution in [0.25, 0.3) is 11.0 Å². The van der Waals surface area contributed by atoms with Gasteiger partial charge in [0.1, 0.15) is 12.2 Å². The van der Waals surface area contributed by atoms with E-state index < -0.39 is 0 Å². The van der Waals surface area contributed by atoms with Crippen LogP contribution in [0.2, 0.25) is 0 Å². The lowest BCUT2D eigenvalue weighted by Gasteiger charge is -2.10. The lowest BCUT2D eigenvalue weighted by molar-refractivity contribution is 0.640. The maximum atomic E-state index is 6.30. The first-order valence-electron chi connectivity index (χ1n) is 7.00. The Kier molecular flexibility index (Phi) is 3.68. The van der Waals surface area contributed by atoms with Crippen molar-refractivity contribution >= 4 is 22.6 Å². The summed E-state index contributed by atoms with van der Waals surface area (Å²) >= 11 is 6.30. The van der Waals surface area contributed by atoms with Crippen LogP contribution in [-0.4, -0.2) is 24.3 Å². The average Bonchev–Trinajstić information content (AvgIpc) is 3.01. The molecule has 0 saturated heterocycles. The van der Waals surface area contributed by atoms with Crippen LogP contribution in [0, 0.1) is 6.92 Å². The van der Waals surface area contributed by atoms with Crippen molar-refractivity contribution in [3.05, 3.63) is 41.7 Å². The Labute approximate surface area is 128 Å². The molecule has 2 aromatic heterocycles. The van der Waals surface area contributed by atoms with Crippen molar-refractivity contribution in [3.8, 4) is 0 Å². The number of hydrogen-bond donors (Lipinski definition) is 0. The van der Waals surface area contributed by atoms with Crippen LogP contribution in [0.5, 0.6) is 0 Å². The fraction of sp³-hybridized carbons (Fsp3) is 0.400. The number of rotatable bonds is 4. The molecule has 0 bridgehead atoms. The average molecular weight is 304 g/mol. The highest BCUT2D eigenvalue weighted by Gasteiger charge is 2.16. The van der Waals surface area contributed by atoms with Gasteiger partial charge in [-0.05, 0) is 25.5 Å². The summed E-state index contributed by atoms with van der Waals surface area (Å²) in [7, 11) is 1.87. The van der Waals surface area contributed by atoms with Gasteiger partial charge in [-0.2, -0.15) is 5.10 Å². The molecule has 0 aliphatic rings. The molecule has 110 valence electrons. The van der Waals surface area contributed by atoms with Crippen molar-refractivity contribution in [2.24, 2.45) is 7.05 Å². The van der Waals surface area contributed by atoms with Gasteiger partial charge in [-0.25, -0.2) is 9.97 Å². The summed E-state index contributed by atoms with van der Waals surface area (Å²) in [5.74, 6) is 1.73. The Bertz CT molecular complexity index is 772. The van der Waals surface area contributed by atoms with Gasteiger partial charge in [-0.3, -0.25) is 4.68 Å². The molecule has 2 heterocycles. The first-order chi connectivity index (χ1) is 10.1.